The second-order valence-corrected chi connectivity index (χ2v) is 6.16. The molecule has 3 rings (SSSR count). The Balaban J connectivity index is 1.78. The van der Waals surface area contributed by atoms with E-state index in [1.54, 1.807) is 6.33 Å². The maximum absolute atomic E-state index is 12.6. The van der Waals surface area contributed by atoms with E-state index in [9.17, 15) is 4.79 Å². The molecule has 0 aliphatic carbocycles. The van der Waals surface area contributed by atoms with Gasteiger partial charge in [0.1, 0.15) is 12.0 Å². The second-order valence-electron chi connectivity index (χ2n) is 6.16. The predicted octanol–water partition coefficient (Wildman–Crippen LogP) is 2.99. The van der Waals surface area contributed by atoms with Crippen LogP contribution in [0.5, 0.6) is 0 Å². The van der Waals surface area contributed by atoms with Crippen LogP contribution in [-0.2, 0) is 0 Å². The van der Waals surface area contributed by atoms with Crippen molar-refractivity contribution in [2.45, 2.75) is 20.3 Å². The van der Waals surface area contributed by atoms with E-state index in [2.05, 4.69) is 18.8 Å². The van der Waals surface area contributed by atoms with Crippen LogP contribution in [0.25, 0.3) is 5.69 Å². The fourth-order valence-corrected chi connectivity index (χ4v) is 3.17. The maximum Gasteiger partial charge on any atom is 0.274 e. The van der Waals surface area contributed by atoms with Crippen molar-refractivity contribution in [2.75, 3.05) is 13.1 Å². The smallest absolute Gasteiger partial charge is 0.274 e. The van der Waals surface area contributed by atoms with E-state index in [0.29, 0.717) is 17.5 Å². The number of imidazole rings is 1. The normalized spacial score (nSPS) is 22.3. The highest BCUT2D eigenvalue weighted by atomic mass is 16.2. The van der Waals surface area contributed by atoms with Crippen LogP contribution in [0, 0.1) is 11.8 Å². The molecule has 1 amide bonds. The quantitative estimate of drug-likeness (QED) is 0.850. The van der Waals surface area contributed by atoms with E-state index in [4.69, 9.17) is 0 Å². The Morgan fingerprint density at radius 3 is 2.48 bits per heavy atom. The van der Waals surface area contributed by atoms with Crippen molar-refractivity contribution in [3.8, 4) is 5.69 Å². The number of carbonyl (C=O) groups excluding carboxylic acids is 1. The van der Waals surface area contributed by atoms with E-state index in [0.717, 1.165) is 18.8 Å². The lowest BCUT2D eigenvalue weighted by Gasteiger charge is -2.34. The first-order valence-electron chi connectivity index (χ1n) is 7.52. The lowest BCUT2D eigenvalue weighted by atomic mass is 9.92. The molecule has 1 saturated heterocycles. The average molecular weight is 283 g/mol. The predicted molar refractivity (Wildman–Crippen MR) is 82.4 cm³/mol. The zero-order valence-corrected chi connectivity index (χ0v) is 12.6. The highest BCUT2D eigenvalue weighted by Gasteiger charge is 2.27. The van der Waals surface area contributed by atoms with Crippen LogP contribution < -0.4 is 0 Å². The first-order chi connectivity index (χ1) is 10.1. The Hall–Kier alpha value is -2.10. The summed E-state index contributed by atoms with van der Waals surface area (Å²) in [5.41, 5.74) is 1.55. The Morgan fingerprint density at radius 1 is 1.14 bits per heavy atom. The summed E-state index contributed by atoms with van der Waals surface area (Å²) in [6.07, 6.45) is 4.73. The summed E-state index contributed by atoms with van der Waals surface area (Å²) in [6.45, 7) is 6.08. The number of amides is 1. The van der Waals surface area contributed by atoms with Crippen LogP contribution in [0.3, 0.4) is 0 Å². The molecule has 0 spiro atoms. The molecule has 1 aliphatic rings. The van der Waals surface area contributed by atoms with Gasteiger partial charge in [-0.2, -0.15) is 0 Å². The molecule has 4 nitrogen and oxygen atoms in total. The standard InChI is InChI=1S/C17H21N3O/c1-13-8-14(2)10-19(9-13)17(21)16-11-20(12-18-16)15-6-4-3-5-7-15/h3-7,11-14H,8-10H2,1-2H3/t13-,14+. The Labute approximate surface area is 125 Å². The summed E-state index contributed by atoms with van der Waals surface area (Å²) >= 11 is 0. The van der Waals surface area contributed by atoms with E-state index in [1.165, 1.54) is 6.42 Å². The van der Waals surface area contributed by atoms with Gasteiger partial charge in [-0.3, -0.25) is 4.79 Å². The van der Waals surface area contributed by atoms with Crippen LogP contribution in [-0.4, -0.2) is 33.4 Å². The molecule has 21 heavy (non-hydrogen) atoms. The zero-order chi connectivity index (χ0) is 14.8. The van der Waals surface area contributed by atoms with E-state index >= 15 is 0 Å². The van der Waals surface area contributed by atoms with Gasteiger partial charge >= 0.3 is 0 Å². The van der Waals surface area contributed by atoms with Crippen molar-refractivity contribution in [3.05, 3.63) is 48.5 Å². The first kappa shape index (κ1) is 13.9. The number of benzene rings is 1. The molecular formula is C17H21N3O. The minimum absolute atomic E-state index is 0.0445. The van der Waals surface area contributed by atoms with Crippen molar-refractivity contribution < 1.29 is 4.79 Å². The zero-order valence-electron chi connectivity index (χ0n) is 12.6. The topological polar surface area (TPSA) is 38.1 Å². The molecular weight excluding hydrogens is 262 g/mol. The molecule has 1 aliphatic heterocycles. The molecule has 0 saturated carbocycles. The number of carbonyl (C=O) groups is 1. The van der Waals surface area contributed by atoms with Gasteiger partial charge in [-0.1, -0.05) is 32.0 Å². The Kier molecular flexibility index (Phi) is 3.78. The lowest BCUT2D eigenvalue weighted by molar-refractivity contribution is 0.0617. The molecule has 110 valence electrons. The number of hydrogen-bond acceptors (Lipinski definition) is 2. The Morgan fingerprint density at radius 2 is 1.81 bits per heavy atom. The minimum atomic E-state index is 0.0445. The summed E-state index contributed by atoms with van der Waals surface area (Å²) in [7, 11) is 0. The average Bonchev–Trinajstić information content (AvgIpc) is 2.96. The number of nitrogens with zero attached hydrogens (tertiary/aromatic N) is 3. The maximum atomic E-state index is 12.6. The molecule has 4 heteroatoms. The molecule has 1 aromatic carbocycles. The SMILES string of the molecule is C[C@@H]1C[C@H](C)CN(C(=O)c2cn(-c3ccccc3)cn2)C1. The van der Waals surface area contributed by atoms with Gasteiger partial charge in [-0.25, -0.2) is 4.98 Å². The van der Waals surface area contributed by atoms with Crippen molar-refractivity contribution in [3.63, 3.8) is 0 Å². The van der Waals surface area contributed by atoms with Crippen molar-refractivity contribution in [1.82, 2.24) is 14.5 Å². The lowest BCUT2D eigenvalue weighted by Crippen LogP contribution is -2.42. The van der Waals surface area contributed by atoms with E-state index < -0.39 is 0 Å². The van der Waals surface area contributed by atoms with Gasteiger partial charge in [-0.15, -0.1) is 0 Å². The summed E-state index contributed by atoms with van der Waals surface area (Å²) in [4.78, 5) is 18.8. The summed E-state index contributed by atoms with van der Waals surface area (Å²) in [5, 5.41) is 0. The third-order valence-corrected chi connectivity index (χ3v) is 4.01. The summed E-state index contributed by atoms with van der Waals surface area (Å²) in [6, 6.07) is 9.93. The highest BCUT2D eigenvalue weighted by Crippen LogP contribution is 2.22. The molecule has 0 bridgehead atoms. The van der Waals surface area contributed by atoms with Crippen molar-refractivity contribution in [2.24, 2.45) is 11.8 Å². The Bertz CT molecular complexity index is 610. The third kappa shape index (κ3) is 2.99. The van der Waals surface area contributed by atoms with Gasteiger partial charge in [0.05, 0.1) is 0 Å². The van der Waals surface area contributed by atoms with Crippen molar-refractivity contribution in [1.29, 1.82) is 0 Å². The number of hydrogen-bond donors (Lipinski definition) is 0. The van der Waals surface area contributed by atoms with Crippen LogP contribution in [0.4, 0.5) is 0 Å². The number of piperidine rings is 1. The third-order valence-electron chi connectivity index (χ3n) is 4.01. The fourth-order valence-electron chi connectivity index (χ4n) is 3.17. The number of aromatic nitrogens is 2. The minimum Gasteiger partial charge on any atom is -0.337 e. The van der Waals surface area contributed by atoms with Gasteiger partial charge in [0.2, 0.25) is 0 Å². The molecule has 0 N–H and O–H groups in total. The van der Waals surface area contributed by atoms with Gasteiger partial charge in [0, 0.05) is 25.0 Å². The monoisotopic (exact) mass is 283 g/mol. The second kappa shape index (κ2) is 5.72. The van der Waals surface area contributed by atoms with E-state index in [-0.39, 0.29) is 5.91 Å². The van der Waals surface area contributed by atoms with E-state index in [1.807, 2.05) is 46.0 Å². The van der Waals surface area contributed by atoms with Crippen LogP contribution in [0.15, 0.2) is 42.9 Å². The molecule has 1 fully saturated rings. The largest absolute Gasteiger partial charge is 0.337 e. The van der Waals surface area contributed by atoms with Gasteiger partial charge < -0.3 is 9.47 Å². The van der Waals surface area contributed by atoms with Gasteiger partial charge in [-0.05, 0) is 30.4 Å². The molecule has 1 aromatic heterocycles. The van der Waals surface area contributed by atoms with Gasteiger partial charge in [0.15, 0.2) is 0 Å². The first-order valence-corrected chi connectivity index (χ1v) is 7.52. The molecule has 2 heterocycles. The van der Waals surface area contributed by atoms with Crippen LogP contribution >= 0.6 is 0 Å². The fraction of sp³-hybridized carbons (Fsp3) is 0.412. The van der Waals surface area contributed by atoms with Crippen LogP contribution in [0.1, 0.15) is 30.8 Å². The summed E-state index contributed by atoms with van der Waals surface area (Å²) in [5.74, 6) is 1.17. The number of likely N-dealkylation sites (tertiary alicyclic amines) is 1. The van der Waals surface area contributed by atoms with Crippen LogP contribution in [0.2, 0.25) is 0 Å². The molecule has 0 radical (unpaired) electrons. The highest BCUT2D eigenvalue weighted by molar-refractivity contribution is 5.92. The van der Waals surface area contributed by atoms with Crippen molar-refractivity contribution >= 4 is 5.91 Å². The molecule has 2 aromatic rings. The van der Waals surface area contributed by atoms with Gasteiger partial charge in [0.25, 0.3) is 5.91 Å². The summed E-state index contributed by atoms with van der Waals surface area (Å²) < 4.78 is 1.89. The molecule has 2 atom stereocenters. The molecule has 0 unspecified atom stereocenters. The number of para-hydroxylation sites is 1. The number of rotatable bonds is 2.